The number of benzene rings is 2. The maximum absolute atomic E-state index is 14.6. The fourth-order valence-corrected chi connectivity index (χ4v) is 6.14. The van der Waals surface area contributed by atoms with Crippen molar-refractivity contribution in [2.24, 2.45) is 11.8 Å². The van der Waals surface area contributed by atoms with E-state index in [1.54, 1.807) is 28.0 Å². The number of hydrogen-bond acceptors (Lipinski definition) is 6. The van der Waals surface area contributed by atoms with E-state index in [-0.39, 0.29) is 42.6 Å². The molecule has 222 valence electrons. The normalized spacial score (nSPS) is 19.8. The predicted octanol–water partition coefficient (Wildman–Crippen LogP) is 4.82. The van der Waals surface area contributed by atoms with Crippen molar-refractivity contribution >= 4 is 40.0 Å². The number of rotatable bonds is 7. The van der Waals surface area contributed by atoms with Crippen LogP contribution in [0.2, 0.25) is 0 Å². The Morgan fingerprint density at radius 2 is 1.88 bits per heavy atom. The zero-order valence-corrected chi connectivity index (χ0v) is 24.7. The highest BCUT2D eigenvalue weighted by Crippen LogP contribution is 2.44. The van der Waals surface area contributed by atoms with Crippen LogP contribution in [0.5, 0.6) is 0 Å². The summed E-state index contributed by atoms with van der Waals surface area (Å²) in [6.07, 6.45) is 5.87. The van der Waals surface area contributed by atoms with E-state index in [4.69, 9.17) is 9.72 Å². The first-order valence-corrected chi connectivity index (χ1v) is 15.3. The third kappa shape index (κ3) is 5.72. The molecule has 2 aliphatic heterocycles. The Hall–Kier alpha value is -4.29. The van der Waals surface area contributed by atoms with Gasteiger partial charge in [-0.25, -0.2) is 0 Å². The minimum atomic E-state index is -0.958. The summed E-state index contributed by atoms with van der Waals surface area (Å²) in [6, 6.07) is 14.3. The molecule has 3 aliphatic rings. The Morgan fingerprint density at radius 3 is 2.60 bits per heavy atom. The number of ether oxygens (including phenoxy) is 1. The molecule has 1 aliphatic carbocycles. The average molecular weight is 580 g/mol. The first-order chi connectivity index (χ1) is 20.9. The minimum absolute atomic E-state index is 0.0118. The molecule has 0 unspecified atom stereocenters. The number of fused-ring (bicyclic) bond motifs is 2. The van der Waals surface area contributed by atoms with Gasteiger partial charge in [0.1, 0.15) is 6.04 Å². The van der Waals surface area contributed by atoms with Gasteiger partial charge in [-0.15, -0.1) is 0 Å². The summed E-state index contributed by atoms with van der Waals surface area (Å²) in [5.74, 6) is -0.802. The number of pyridine rings is 1. The average Bonchev–Trinajstić information content (AvgIpc) is 3.90. The molecule has 1 saturated heterocycles. The van der Waals surface area contributed by atoms with Crippen LogP contribution in [0.4, 0.5) is 11.4 Å². The largest absolute Gasteiger partial charge is 0.381 e. The molecule has 0 radical (unpaired) electrons. The summed E-state index contributed by atoms with van der Waals surface area (Å²) in [5.41, 5.74) is 4.45. The number of nitrogens with one attached hydrogen (secondary N) is 1. The van der Waals surface area contributed by atoms with Gasteiger partial charge in [-0.1, -0.05) is 32.0 Å². The summed E-state index contributed by atoms with van der Waals surface area (Å²) < 4.78 is 5.51. The van der Waals surface area contributed by atoms with Crippen LogP contribution >= 0.6 is 0 Å². The van der Waals surface area contributed by atoms with Gasteiger partial charge in [0.15, 0.2) is 0 Å². The molecule has 0 bridgehead atoms. The number of hydrogen-bond donors (Lipinski definition) is 1. The van der Waals surface area contributed by atoms with Crippen molar-refractivity contribution in [2.45, 2.75) is 64.5 Å². The van der Waals surface area contributed by atoms with Gasteiger partial charge in [-0.05, 0) is 73.4 Å². The summed E-state index contributed by atoms with van der Waals surface area (Å²) >= 11 is 0. The molecule has 3 aromatic rings. The molecule has 9 nitrogen and oxygen atoms in total. The zero-order chi connectivity index (χ0) is 30.1. The molecule has 1 N–H and O–H groups in total. The number of anilines is 2. The lowest BCUT2D eigenvalue weighted by Crippen LogP contribution is -2.54. The van der Waals surface area contributed by atoms with E-state index in [1.807, 2.05) is 44.3 Å². The standard InChI is InChI=1S/C34H37N5O4/c1-3-21(2)32(40)37-29-20-39(33(41)24-12-14-43-15-13-24)31-16-22(17-35)8-11-30(31)38(34(29)42)19-27-25-6-4-5-7-28(25)36-18-26(27)23-9-10-23/h4-8,11,16,18,21,23-24,29H,3,9-10,12-15,19-20H2,1-2H3,(H,37,40)/t21-,29+/m1/s1. The van der Waals surface area contributed by atoms with Gasteiger partial charge in [-0.3, -0.25) is 19.4 Å². The second-order valence-corrected chi connectivity index (χ2v) is 11.9. The predicted molar refractivity (Wildman–Crippen MR) is 163 cm³/mol. The van der Waals surface area contributed by atoms with Crippen molar-refractivity contribution in [1.82, 2.24) is 10.3 Å². The highest BCUT2D eigenvalue weighted by Gasteiger charge is 2.40. The van der Waals surface area contributed by atoms with Crippen molar-refractivity contribution in [1.29, 1.82) is 5.26 Å². The monoisotopic (exact) mass is 579 g/mol. The number of nitrogens with zero attached hydrogens (tertiary/aromatic N) is 4. The van der Waals surface area contributed by atoms with Gasteiger partial charge in [-0.2, -0.15) is 5.26 Å². The fourth-order valence-electron chi connectivity index (χ4n) is 6.14. The quantitative estimate of drug-likeness (QED) is 0.429. The number of nitriles is 1. The summed E-state index contributed by atoms with van der Waals surface area (Å²) in [7, 11) is 0. The minimum Gasteiger partial charge on any atom is -0.381 e. The van der Waals surface area contributed by atoms with E-state index in [0.29, 0.717) is 55.3 Å². The number of carbonyl (C=O) groups excluding carboxylic acids is 3. The van der Waals surface area contributed by atoms with Crippen molar-refractivity contribution in [3.05, 3.63) is 65.4 Å². The Morgan fingerprint density at radius 1 is 1.12 bits per heavy atom. The molecular weight excluding hydrogens is 542 g/mol. The van der Waals surface area contributed by atoms with E-state index in [0.717, 1.165) is 34.9 Å². The molecule has 1 saturated carbocycles. The highest BCUT2D eigenvalue weighted by molar-refractivity contribution is 6.09. The molecule has 3 amide bonds. The molecule has 43 heavy (non-hydrogen) atoms. The zero-order valence-electron chi connectivity index (χ0n) is 24.7. The third-order valence-corrected chi connectivity index (χ3v) is 9.08. The maximum Gasteiger partial charge on any atom is 0.251 e. The summed E-state index contributed by atoms with van der Waals surface area (Å²) in [4.78, 5) is 49.9. The molecule has 9 heteroatoms. The number of carbonyl (C=O) groups is 3. The molecule has 3 heterocycles. The highest BCUT2D eigenvalue weighted by atomic mass is 16.5. The molecule has 1 aromatic heterocycles. The second kappa shape index (κ2) is 12.1. The molecule has 6 rings (SSSR count). The lowest BCUT2D eigenvalue weighted by molar-refractivity contribution is -0.130. The molecular formula is C34H37N5O4. The van der Waals surface area contributed by atoms with E-state index >= 15 is 0 Å². The van der Waals surface area contributed by atoms with Crippen molar-refractivity contribution in [3.8, 4) is 6.07 Å². The van der Waals surface area contributed by atoms with Gasteiger partial charge < -0.3 is 19.9 Å². The lowest BCUT2D eigenvalue weighted by atomic mass is 9.97. The van der Waals surface area contributed by atoms with Crippen molar-refractivity contribution in [3.63, 3.8) is 0 Å². The number of amides is 3. The van der Waals surface area contributed by atoms with Crippen LogP contribution in [-0.4, -0.2) is 48.5 Å². The SMILES string of the molecule is CC[C@@H](C)C(=O)N[C@H]1CN(C(=O)C2CCOCC2)c2cc(C#N)ccc2N(Cc2c(C3CC3)cnc3ccccc23)C1=O. The van der Waals surface area contributed by atoms with Crippen molar-refractivity contribution in [2.75, 3.05) is 29.6 Å². The van der Waals surface area contributed by atoms with Crippen LogP contribution in [0.25, 0.3) is 10.9 Å². The first-order valence-electron chi connectivity index (χ1n) is 15.3. The Bertz CT molecular complexity index is 1600. The topological polar surface area (TPSA) is 116 Å². The first kappa shape index (κ1) is 28.8. The van der Waals surface area contributed by atoms with E-state index in [9.17, 15) is 19.6 Å². The van der Waals surface area contributed by atoms with Gasteiger partial charge in [0, 0.05) is 36.6 Å². The van der Waals surface area contributed by atoms with Crippen LogP contribution in [-0.2, 0) is 25.7 Å². The van der Waals surface area contributed by atoms with E-state index < -0.39 is 6.04 Å². The van der Waals surface area contributed by atoms with Gasteiger partial charge in [0.25, 0.3) is 5.91 Å². The maximum atomic E-state index is 14.6. The van der Waals surface area contributed by atoms with Crippen LogP contribution in [0.15, 0.2) is 48.7 Å². The lowest BCUT2D eigenvalue weighted by Gasteiger charge is -2.31. The molecule has 2 aromatic carbocycles. The molecule has 2 atom stereocenters. The number of aromatic nitrogens is 1. The van der Waals surface area contributed by atoms with Crippen LogP contribution in [0, 0.1) is 23.2 Å². The van der Waals surface area contributed by atoms with Crippen LogP contribution in [0.1, 0.15) is 68.6 Å². The van der Waals surface area contributed by atoms with Gasteiger partial charge in [0.05, 0.1) is 41.6 Å². The smallest absolute Gasteiger partial charge is 0.251 e. The summed E-state index contributed by atoms with van der Waals surface area (Å²) in [6.45, 7) is 4.99. The van der Waals surface area contributed by atoms with Crippen LogP contribution in [0.3, 0.4) is 0 Å². The van der Waals surface area contributed by atoms with Crippen molar-refractivity contribution < 1.29 is 19.1 Å². The van der Waals surface area contributed by atoms with Gasteiger partial charge in [0.2, 0.25) is 11.8 Å². The fraction of sp³-hybridized carbons (Fsp3) is 0.441. The van der Waals surface area contributed by atoms with Gasteiger partial charge >= 0.3 is 0 Å². The van der Waals surface area contributed by atoms with Crippen LogP contribution < -0.4 is 15.1 Å². The molecule has 2 fully saturated rings. The Labute approximate surface area is 251 Å². The summed E-state index contributed by atoms with van der Waals surface area (Å²) in [5, 5.41) is 13.8. The number of para-hydroxylation sites is 1. The van der Waals surface area contributed by atoms with E-state index in [2.05, 4.69) is 11.4 Å². The third-order valence-electron chi connectivity index (χ3n) is 9.08. The Kier molecular flexibility index (Phi) is 8.13. The Balaban J connectivity index is 1.49. The molecule has 0 spiro atoms. The second-order valence-electron chi connectivity index (χ2n) is 11.9. The van der Waals surface area contributed by atoms with E-state index in [1.165, 1.54) is 0 Å².